The molecule has 0 bridgehead atoms. The molecule has 0 unspecified atom stereocenters. The molecule has 3 heteroatoms. The third-order valence-corrected chi connectivity index (χ3v) is 3.46. The molecule has 0 saturated heterocycles. The van der Waals surface area contributed by atoms with Gasteiger partial charge in [0.15, 0.2) is 0 Å². The third kappa shape index (κ3) is 3.86. The van der Waals surface area contributed by atoms with Crippen molar-refractivity contribution < 1.29 is 17.7 Å². The van der Waals surface area contributed by atoms with Gasteiger partial charge in [-0.1, -0.05) is 0 Å². The predicted octanol–water partition coefficient (Wildman–Crippen LogP) is 2.79. The molecule has 0 aliphatic heterocycles. The van der Waals surface area contributed by atoms with Crippen LogP contribution in [0.5, 0.6) is 5.75 Å². The van der Waals surface area contributed by atoms with Crippen molar-refractivity contribution in [3.05, 3.63) is 29.8 Å². The molecule has 0 atom stereocenters. The first-order valence-corrected chi connectivity index (χ1v) is 10.2. The van der Waals surface area contributed by atoms with E-state index in [2.05, 4.69) is 19.8 Å². The summed E-state index contributed by atoms with van der Waals surface area (Å²) >= 11 is 0.700. The summed E-state index contributed by atoms with van der Waals surface area (Å²) in [6.07, 6.45) is 0.185. The van der Waals surface area contributed by atoms with E-state index in [0.717, 1.165) is 11.3 Å². The van der Waals surface area contributed by atoms with E-state index in [9.17, 15) is 0 Å². The second kappa shape index (κ2) is 5.87. The fraction of sp³-hybridized carbons (Fsp3) is 0.300. The SMILES string of the molecule is [3H]/[Ru]([I])=[CH]\c1ccccc1OC(C)C. The van der Waals surface area contributed by atoms with Gasteiger partial charge in [0.05, 0.1) is 0 Å². The van der Waals surface area contributed by atoms with Crippen LogP contribution in [0.1, 0.15) is 19.4 Å². The van der Waals surface area contributed by atoms with Crippen LogP contribution in [0.4, 0.5) is 0 Å². The van der Waals surface area contributed by atoms with Gasteiger partial charge in [0.25, 0.3) is 0 Å². The average molecular weight is 379 g/mol. The number of rotatable bonds is 3. The van der Waals surface area contributed by atoms with Crippen LogP contribution in [0.25, 0.3) is 0 Å². The summed E-state index contributed by atoms with van der Waals surface area (Å²) in [6.45, 7) is 4.02. The Morgan fingerprint density at radius 2 is 2.23 bits per heavy atom. The molecule has 0 saturated carbocycles. The number of hydrogen-bond acceptors (Lipinski definition) is 1. The number of para-hydroxylation sites is 1. The van der Waals surface area contributed by atoms with Gasteiger partial charge in [-0.2, -0.15) is 0 Å². The summed E-state index contributed by atoms with van der Waals surface area (Å²) in [5.41, 5.74) is 1.06. The Kier molecular flexibility index (Phi) is 4.42. The van der Waals surface area contributed by atoms with Crippen LogP contribution in [-0.2, 0) is 13.0 Å². The van der Waals surface area contributed by atoms with E-state index < -0.39 is 13.0 Å². The van der Waals surface area contributed by atoms with Crippen LogP contribution < -0.4 is 4.74 Å². The van der Waals surface area contributed by atoms with Crippen molar-refractivity contribution in [2.24, 2.45) is 0 Å². The molecule has 0 amide bonds. The van der Waals surface area contributed by atoms with Crippen molar-refractivity contribution in [1.82, 2.24) is 0 Å². The van der Waals surface area contributed by atoms with Crippen molar-refractivity contribution in [2.45, 2.75) is 20.0 Å². The van der Waals surface area contributed by atoms with Crippen molar-refractivity contribution in [3.8, 4) is 5.75 Å². The summed E-state index contributed by atoms with van der Waals surface area (Å²) in [5, 5.41) is 0. The number of halogens is 1. The monoisotopic (exact) mass is 380 g/mol. The predicted molar refractivity (Wildman–Crippen MR) is 62.8 cm³/mol. The van der Waals surface area contributed by atoms with Gasteiger partial charge < -0.3 is 0 Å². The first-order chi connectivity index (χ1) is 6.59. The molecule has 74 valence electrons. The van der Waals surface area contributed by atoms with Crippen LogP contribution >= 0.6 is 19.8 Å². The summed E-state index contributed by atoms with van der Waals surface area (Å²) in [6, 6.07) is 7.91. The maximum atomic E-state index is 7.61. The van der Waals surface area contributed by atoms with Gasteiger partial charge in [0.2, 0.25) is 0 Å². The van der Waals surface area contributed by atoms with E-state index in [1.807, 2.05) is 42.7 Å². The molecule has 0 aromatic heterocycles. The number of benzene rings is 1. The van der Waals surface area contributed by atoms with Gasteiger partial charge in [0, 0.05) is 0 Å². The summed E-state index contributed by atoms with van der Waals surface area (Å²) < 4.78 is 15.3. The quantitative estimate of drug-likeness (QED) is 0.580. The maximum absolute atomic E-state index is 7.61. The molecule has 0 radical (unpaired) electrons. The molecule has 0 aliphatic carbocycles. The zero-order valence-corrected chi connectivity index (χ0v) is 11.5. The average Bonchev–Trinajstić information content (AvgIpc) is 2.06. The Morgan fingerprint density at radius 3 is 2.85 bits per heavy atom. The van der Waals surface area contributed by atoms with E-state index in [1.54, 1.807) is 0 Å². The Labute approximate surface area is 97.9 Å². The second-order valence-corrected chi connectivity index (χ2v) is 6.37. The number of hydrogen-bond donors (Lipinski definition) is 0. The minimum atomic E-state index is -1.49. The van der Waals surface area contributed by atoms with Crippen LogP contribution in [0.3, 0.4) is 0 Å². The van der Waals surface area contributed by atoms with Crippen molar-refractivity contribution in [1.29, 1.82) is 0.832 Å². The van der Waals surface area contributed by atoms with Crippen LogP contribution in [0.2, 0.25) is 0 Å². The summed E-state index contributed by atoms with van der Waals surface area (Å²) in [5.74, 6) is 0.894. The second-order valence-electron chi connectivity index (χ2n) is 2.88. The van der Waals surface area contributed by atoms with E-state index in [4.69, 9.17) is 5.57 Å². The molecule has 0 heterocycles. The van der Waals surface area contributed by atoms with Gasteiger partial charge in [-0.25, -0.2) is 0 Å². The Balaban J connectivity index is 2.97. The van der Waals surface area contributed by atoms with Gasteiger partial charge in [-0.15, -0.1) is 0 Å². The van der Waals surface area contributed by atoms with Crippen molar-refractivity contribution in [2.75, 3.05) is 0 Å². The Hall–Kier alpha value is 0.243. The van der Waals surface area contributed by atoms with E-state index in [-0.39, 0.29) is 6.10 Å². The van der Waals surface area contributed by atoms with Gasteiger partial charge in [-0.3, -0.25) is 0 Å². The van der Waals surface area contributed by atoms with Crippen LogP contribution in [0.15, 0.2) is 24.3 Å². The Morgan fingerprint density at radius 1 is 1.54 bits per heavy atom. The first-order valence-electron chi connectivity index (χ1n) is 4.40. The molecule has 1 nitrogen and oxygen atoms in total. The topological polar surface area (TPSA) is 9.23 Å². The fourth-order valence-electron chi connectivity index (χ4n) is 0.968. The van der Waals surface area contributed by atoms with Crippen molar-refractivity contribution >= 4 is 24.4 Å². The van der Waals surface area contributed by atoms with Gasteiger partial charge in [-0.05, 0) is 0 Å². The molecule has 0 aliphatic rings. The molecular formula is C10H13IORu. The first kappa shape index (κ1) is 9.79. The molecule has 0 fully saturated rings. The molecular weight excluding hydrogens is 364 g/mol. The van der Waals surface area contributed by atoms with E-state index >= 15 is 0 Å². The molecule has 1 aromatic rings. The normalized spacial score (nSPS) is 15.7. The fourth-order valence-corrected chi connectivity index (χ4v) is 2.99. The summed E-state index contributed by atoms with van der Waals surface area (Å²) in [4.78, 5) is 0. The molecule has 0 N–H and O–H groups in total. The van der Waals surface area contributed by atoms with Gasteiger partial charge >= 0.3 is 98.5 Å². The molecule has 1 aromatic carbocycles. The van der Waals surface area contributed by atoms with Gasteiger partial charge in [0.1, 0.15) is 0 Å². The van der Waals surface area contributed by atoms with Crippen LogP contribution in [-0.4, -0.2) is 11.5 Å². The molecule has 0 spiro atoms. The van der Waals surface area contributed by atoms with Crippen LogP contribution in [0, 0.1) is 0 Å². The Bertz CT molecular complexity index is 335. The van der Waals surface area contributed by atoms with E-state index in [0.29, 0.717) is 0 Å². The minimum absolute atomic E-state index is 0.185. The standard InChI is InChI=1S/C10H12O.HI.Ru.H/c1-8(2)11-10-7-5-4-6-9(10)3;;;/h3-8H,1-2H3;1H;;/q;;+1;/p-1/i;;;1+2. The summed E-state index contributed by atoms with van der Waals surface area (Å²) in [7, 11) is 0. The zero-order chi connectivity index (χ0) is 10.6. The zero-order valence-electron chi connectivity index (χ0n) is 8.60. The molecule has 13 heavy (non-hydrogen) atoms. The molecule has 1 rings (SSSR count). The van der Waals surface area contributed by atoms with Crippen molar-refractivity contribution in [3.63, 3.8) is 0 Å². The van der Waals surface area contributed by atoms with E-state index in [1.165, 1.54) is 0 Å². The number of ether oxygens (including phenoxy) is 1. The third-order valence-electron chi connectivity index (χ3n) is 1.43.